The highest BCUT2D eigenvalue weighted by molar-refractivity contribution is 6.36. The molecule has 0 aliphatic heterocycles. The van der Waals surface area contributed by atoms with Gasteiger partial charge in [0.15, 0.2) is 0 Å². The van der Waals surface area contributed by atoms with Crippen molar-refractivity contribution in [3.8, 4) is 11.1 Å². The van der Waals surface area contributed by atoms with Gasteiger partial charge in [0.25, 0.3) is 0 Å². The van der Waals surface area contributed by atoms with E-state index in [9.17, 15) is 0 Å². The van der Waals surface area contributed by atoms with Crippen molar-refractivity contribution < 1.29 is 4.42 Å². The summed E-state index contributed by atoms with van der Waals surface area (Å²) in [6.45, 7) is 4.01. The van der Waals surface area contributed by atoms with Gasteiger partial charge in [-0.05, 0) is 25.5 Å². The normalized spacial score (nSPS) is 11.4. The van der Waals surface area contributed by atoms with Crippen LogP contribution in [0.25, 0.3) is 16.8 Å². The Hall–Kier alpha value is -1.45. The highest BCUT2D eigenvalue weighted by Crippen LogP contribution is 2.36. The Bertz CT molecular complexity index is 758. The van der Waals surface area contributed by atoms with Gasteiger partial charge >= 0.3 is 0 Å². The highest BCUT2D eigenvalue weighted by Gasteiger charge is 2.19. The summed E-state index contributed by atoms with van der Waals surface area (Å²) >= 11 is 12.2. The van der Waals surface area contributed by atoms with E-state index in [0.717, 1.165) is 34.6 Å². The number of aromatic nitrogens is 2. The van der Waals surface area contributed by atoms with Crippen molar-refractivity contribution in [3.05, 3.63) is 45.9 Å². The molecule has 5 heteroatoms. The Morgan fingerprint density at radius 1 is 1.32 bits per heavy atom. The van der Waals surface area contributed by atoms with Gasteiger partial charge in [-0.25, -0.2) is 4.52 Å². The Labute approximate surface area is 120 Å². The van der Waals surface area contributed by atoms with Gasteiger partial charge in [-0.15, -0.1) is 0 Å². The molecule has 3 aromatic rings. The largest absolute Gasteiger partial charge is 0.444 e. The summed E-state index contributed by atoms with van der Waals surface area (Å²) in [5, 5.41) is 5.78. The van der Waals surface area contributed by atoms with Gasteiger partial charge in [0.2, 0.25) is 5.71 Å². The minimum Gasteiger partial charge on any atom is -0.444 e. The van der Waals surface area contributed by atoms with Gasteiger partial charge in [-0.2, -0.15) is 5.10 Å². The van der Waals surface area contributed by atoms with E-state index >= 15 is 0 Å². The molecular formula is C14H12Cl2N2O. The number of hydrogen-bond acceptors (Lipinski definition) is 2. The quantitative estimate of drug-likeness (QED) is 0.681. The second kappa shape index (κ2) is 4.58. The van der Waals surface area contributed by atoms with Crippen LogP contribution in [0, 0.1) is 6.92 Å². The molecule has 3 rings (SSSR count). The molecule has 1 aromatic carbocycles. The molecule has 0 fully saturated rings. The van der Waals surface area contributed by atoms with Gasteiger partial charge in [-0.1, -0.05) is 36.2 Å². The van der Waals surface area contributed by atoms with Crippen molar-refractivity contribution in [1.82, 2.24) is 9.61 Å². The lowest BCUT2D eigenvalue weighted by molar-refractivity contribution is 0.606. The first-order chi connectivity index (χ1) is 9.11. The Kier molecular flexibility index (Phi) is 3.03. The SMILES string of the molecule is CCc1nn2c(C)coc2c1-c1ccc(Cl)cc1Cl. The van der Waals surface area contributed by atoms with Crippen LogP contribution >= 0.6 is 23.2 Å². The van der Waals surface area contributed by atoms with Crippen LogP contribution in [0.3, 0.4) is 0 Å². The second-order valence-electron chi connectivity index (χ2n) is 4.39. The number of rotatable bonds is 2. The Balaban J connectivity index is 2.34. The third-order valence-electron chi connectivity index (χ3n) is 3.13. The number of nitrogens with zero attached hydrogens (tertiary/aromatic N) is 2. The van der Waals surface area contributed by atoms with E-state index in [-0.39, 0.29) is 0 Å². The molecule has 0 aliphatic carbocycles. The molecule has 0 aliphatic rings. The lowest BCUT2D eigenvalue weighted by Crippen LogP contribution is -1.89. The number of oxazole rings is 1. The van der Waals surface area contributed by atoms with E-state index in [2.05, 4.69) is 12.0 Å². The zero-order valence-corrected chi connectivity index (χ0v) is 12.1. The fourth-order valence-electron chi connectivity index (χ4n) is 2.19. The van der Waals surface area contributed by atoms with Crippen molar-refractivity contribution in [2.45, 2.75) is 20.3 Å². The predicted octanol–water partition coefficient (Wildman–Crippen LogP) is 4.77. The summed E-state index contributed by atoms with van der Waals surface area (Å²) in [6, 6.07) is 5.46. The number of fused-ring (bicyclic) bond motifs is 1. The molecule has 0 amide bonds. The third-order valence-corrected chi connectivity index (χ3v) is 3.67. The molecule has 0 spiro atoms. The topological polar surface area (TPSA) is 30.4 Å². The van der Waals surface area contributed by atoms with Crippen LogP contribution in [0.5, 0.6) is 0 Å². The van der Waals surface area contributed by atoms with Gasteiger partial charge < -0.3 is 4.42 Å². The molecule has 3 nitrogen and oxygen atoms in total. The molecule has 0 radical (unpaired) electrons. The maximum absolute atomic E-state index is 6.29. The Morgan fingerprint density at radius 3 is 2.79 bits per heavy atom. The maximum atomic E-state index is 6.29. The molecule has 0 saturated heterocycles. The molecule has 2 heterocycles. The number of halogens is 2. The van der Waals surface area contributed by atoms with E-state index in [1.165, 1.54) is 0 Å². The lowest BCUT2D eigenvalue weighted by Gasteiger charge is -2.04. The van der Waals surface area contributed by atoms with Crippen molar-refractivity contribution in [1.29, 1.82) is 0 Å². The molecular weight excluding hydrogens is 283 g/mol. The third kappa shape index (κ3) is 1.94. The average Bonchev–Trinajstić information content (AvgIpc) is 2.90. The number of hydrogen-bond donors (Lipinski definition) is 0. The first-order valence-electron chi connectivity index (χ1n) is 6.03. The first kappa shape index (κ1) is 12.6. The zero-order chi connectivity index (χ0) is 13.6. The summed E-state index contributed by atoms with van der Waals surface area (Å²) < 4.78 is 7.42. The number of aryl methyl sites for hydroxylation is 2. The van der Waals surface area contributed by atoms with Crippen LogP contribution in [-0.4, -0.2) is 9.61 Å². The van der Waals surface area contributed by atoms with E-state index in [0.29, 0.717) is 10.0 Å². The average molecular weight is 295 g/mol. The zero-order valence-electron chi connectivity index (χ0n) is 10.6. The predicted molar refractivity (Wildman–Crippen MR) is 77.0 cm³/mol. The minimum absolute atomic E-state index is 0.603. The van der Waals surface area contributed by atoms with Crippen LogP contribution < -0.4 is 0 Å². The molecule has 0 atom stereocenters. The van der Waals surface area contributed by atoms with Gasteiger partial charge in [0, 0.05) is 10.6 Å². The molecule has 2 aromatic heterocycles. The van der Waals surface area contributed by atoms with Crippen LogP contribution in [0.4, 0.5) is 0 Å². The van der Waals surface area contributed by atoms with Gasteiger partial charge in [0.1, 0.15) is 6.26 Å². The van der Waals surface area contributed by atoms with Crippen molar-refractivity contribution in [2.24, 2.45) is 0 Å². The monoisotopic (exact) mass is 294 g/mol. The summed E-state index contributed by atoms with van der Waals surface area (Å²) in [6.07, 6.45) is 2.50. The molecule has 0 saturated carbocycles. The van der Waals surface area contributed by atoms with Gasteiger partial charge in [0.05, 0.1) is 22.0 Å². The van der Waals surface area contributed by atoms with E-state index < -0.39 is 0 Å². The molecule has 98 valence electrons. The van der Waals surface area contributed by atoms with Gasteiger partial charge in [-0.3, -0.25) is 0 Å². The molecule has 0 bridgehead atoms. The summed E-state index contributed by atoms with van der Waals surface area (Å²) in [4.78, 5) is 0. The van der Waals surface area contributed by atoms with E-state index in [1.54, 1.807) is 16.8 Å². The van der Waals surface area contributed by atoms with Crippen molar-refractivity contribution in [2.75, 3.05) is 0 Å². The second-order valence-corrected chi connectivity index (χ2v) is 5.24. The van der Waals surface area contributed by atoms with Crippen molar-refractivity contribution >= 4 is 28.9 Å². The smallest absolute Gasteiger partial charge is 0.229 e. The molecule has 0 unspecified atom stereocenters. The van der Waals surface area contributed by atoms with Crippen LogP contribution in [-0.2, 0) is 6.42 Å². The van der Waals surface area contributed by atoms with Crippen LogP contribution in [0.1, 0.15) is 18.3 Å². The standard InChI is InChI=1S/C14H12Cl2N2O/c1-3-12-13(10-5-4-9(15)6-11(10)16)14-18(17-12)8(2)7-19-14/h4-7H,3H2,1-2H3. The highest BCUT2D eigenvalue weighted by atomic mass is 35.5. The summed E-state index contributed by atoms with van der Waals surface area (Å²) in [7, 11) is 0. The first-order valence-corrected chi connectivity index (χ1v) is 6.78. The van der Waals surface area contributed by atoms with E-state index in [4.69, 9.17) is 27.6 Å². The summed E-state index contributed by atoms with van der Waals surface area (Å²) in [5.41, 5.74) is 4.48. The Morgan fingerprint density at radius 2 is 2.11 bits per heavy atom. The molecule has 0 N–H and O–H groups in total. The fraction of sp³-hybridized carbons (Fsp3) is 0.214. The lowest BCUT2D eigenvalue weighted by atomic mass is 10.1. The molecule has 19 heavy (non-hydrogen) atoms. The minimum atomic E-state index is 0.603. The van der Waals surface area contributed by atoms with Crippen molar-refractivity contribution in [3.63, 3.8) is 0 Å². The fourth-order valence-corrected chi connectivity index (χ4v) is 2.70. The summed E-state index contributed by atoms with van der Waals surface area (Å²) in [5.74, 6) is 0. The van der Waals surface area contributed by atoms with Crippen LogP contribution in [0.2, 0.25) is 10.0 Å². The maximum Gasteiger partial charge on any atom is 0.229 e. The number of benzene rings is 1. The van der Waals surface area contributed by atoms with Crippen LogP contribution in [0.15, 0.2) is 28.9 Å². The van der Waals surface area contributed by atoms with E-state index in [1.807, 2.05) is 19.1 Å².